The Bertz CT molecular complexity index is 629. The van der Waals surface area contributed by atoms with Crippen LogP contribution < -0.4 is 10.0 Å². The van der Waals surface area contributed by atoms with E-state index in [0.29, 0.717) is 12.3 Å². The Kier molecular flexibility index (Phi) is 5.15. The highest BCUT2D eigenvalue weighted by Gasteiger charge is 2.26. The third-order valence-corrected chi connectivity index (χ3v) is 5.14. The summed E-state index contributed by atoms with van der Waals surface area (Å²) in [6, 6.07) is 3.49. The zero-order chi connectivity index (χ0) is 15.5. The molecule has 0 amide bonds. The molecule has 1 aliphatic rings. The predicted molar refractivity (Wildman–Crippen MR) is 78.9 cm³/mol. The highest BCUT2D eigenvalue weighted by molar-refractivity contribution is 7.89. The molecule has 0 radical (unpaired) electrons. The molecule has 1 aromatic carbocycles. The molecule has 1 atom stereocenters. The molecular weight excluding hydrogens is 318 g/mol. The smallest absolute Gasteiger partial charge is 0.289 e. The van der Waals surface area contributed by atoms with E-state index in [2.05, 4.69) is 10.0 Å². The van der Waals surface area contributed by atoms with E-state index < -0.39 is 25.5 Å². The third kappa shape index (κ3) is 4.13. The average Bonchev–Trinajstić information content (AvgIpc) is 2.91. The SMILES string of the molecule is O=[N+]([O-])c1ccc(Cl)cc1S(=O)(=O)NCCC1CCNC1. The van der Waals surface area contributed by atoms with Crippen LogP contribution in [0.4, 0.5) is 5.69 Å². The normalized spacial score (nSPS) is 18.8. The molecule has 1 aromatic rings. The van der Waals surface area contributed by atoms with Gasteiger partial charge in [-0.1, -0.05) is 11.6 Å². The summed E-state index contributed by atoms with van der Waals surface area (Å²) in [5, 5.41) is 14.3. The lowest BCUT2D eigenvalue weighted by molar-refractivity contribution is -0.387. The predicted octanol–water partition coefficient (Wildman–Crippen LogP) is 1.53. The minimum absolute atomic E-state index is 0.140. The van der Waals surface area contributed by atoms with Crippen molar-refractivity contribution in [2.24, 2.45) is 5.92 Å². The third-order valence-electron chi connectivity index (χ3n) is 3.42. The van der Waals surface area contributed by atoms with Gasteiger partial charge in [-0.3, -0.25) is 10.1 Å². The molecule has 1 heterocycles. The number of hydrogen-bond acceptors (Lipinski definition) is 5. The van der Waals surface area contributed by atoms with Gasteiger partial charge in [0.2, 0.25) is 10.0 Å². The second-order valence-electron chi connectivity index (χ2n) is 4.91. The van der Waals surface area contributed by atoms with E-state index in [1.54, 1.807) is 0 Å². The van der Waals surface area contributed by atoms with E-state index in [-0.39, 0.29) is 11.6 Å². The van der Waals surface area contributed by atoms with Crippen LogP contribution in [0.15, 0.2) is 23.1 Å². The Morgan fingerprint density at radius 2 is 2.24 bits per heavy atom. The monoisotopic (exact) mass is 333 g/mol. The Morgan fingerprint density at radius 1 is 1.48 bits per heavy atom. The summed E-state index contributed by atoms with van der Waals surface area (Å²) in [4.78, 5) is 9.80. The maximum atomic E-state index is 12.2. The van der Waals surface area contributed by atoms with Crippen molar-refractivity contribution in [1.82, 2.24) is 10.0 Å². The van der Waals surface area contributed by atoms with Gasteiger partial charge < -0.3 is 5.32 Å². The number of nitrogens with zero attached hydrogens (tertiary/aromatic N) is 1. The van der Waals surface area contributed by atoms with Crippen LogP contribution in [0.25, 0.3) is 0 Å². The summed E-state index contributed by atoms with van der Waals surface area (Å²) in [6.07, 6.45) is 1.71. The van der Waals surface area contributed by atoms with Crippen molar-refractivity contribution in [3.8, 4) is 0 Å². The van der Waals surface area contributed by atoms with Crippen molar-refractivity contribution in [3.05, 3.63) is 33.3 Å². The maximum Gasteiger partial charge on any atom is 0.289 e. The molecule has 0 spiro atoms. The van der Waals surface area contributed by atoms with Gasteiger partial charge in [-0.2, -0.15) is 0 Å². The van der Waals surface area contributed by atoms with Gasteiger partial charge in [-0.05, 0) is 44.0 Å². The van der Waals surface area contributed by atoms with Crippen molar-refractivity contribution in [2.45, 2.75) is 17.7 Å². The zero-order valence-electron chi connectivity index (χ0n) is 11.2. The summed E-state index contributed by atoms with van der Waals surface area (Å²) in [5.41, 5.74) is -0.477. The van der Waals surface area contributed by atoms with Crippen LogP contribution >= 0.6 is 11.6 Å². The minimum atomic E-state index is -3.95. The van der Waals surface area contributed by atoms with Crippen molar-refractivity contribution < 1.29 is 13.3 Å². The Hall–Kier alpha value is -1.22. The molecule has 1 unspecified atom stereocenters. The van der Waals surface area contributed by atoms with E-state index in [1.807, 2.05) is 0 Å². The topological polar surface area (TPSA) is 101 Å². The van der Waals surface area contributed by atoms with Crippen LogP contribution in [-0.4, -0.2) is 33.0 Å². The molecule has 1 aliphatic heterocycles. The first-order valence-corrected chi connectivity index (χ1v) is 8.40. The van der Waals surface area contributed by atoms with Crippen molar-refractivity contribution in [3.63, 3.8) is 0 Å². The van der Waals surface area contributed by atoms with Gasteiger partial charge in [0.15, 0.2) is 4.90 Å². The van der Waals surface area contributed by atoms with Gasteiger partial charge in [0.25, 0.3) is 5.69 Å². The molecular formula is C12H16ClN3O4S. The highest BCUT2D eigenvalue weighted by Crippen LogP contribution is 2.26. The molecule has 21 heavy (non-hydrogen) atoms. The molecule has 116 valence electrons. The fourth-order valence-corrected chi connectivity index (χ4v) is 3.77. The lowest BCUT2D eigenvalue weighted by atomic mass is 10.1. The second-order valence-corrected chi connectivity index (χ2v) is 7.09. The first-order chi connectivity index (χ1) is 9.90. The lowest BCUT2D eigenvalue weighted by Crippen LogP contribution is -2.27. The molecule has 0 aromatic heterocycles. The van der Waals surface area contributed by atoms with E-state index in [9.17, 15) is 18.5 Å². The fraction of sp³-hybridized carbons (Fsp3) is 0.500. The van der Waals surface area contributed by atoms with Crippen molar-refractivity contribution >= 4 is 27.3 Å². The summed E-state index contributed by atoms with van der Waals surface area (Å²) in [7, 11) is -3.95. The first-order valence-electron chi connectivity index (χ1n) is 6.54. The number of nitrogens with one attached hydrogen (secondary N) is 2. The summed E-state index contributed by atoms with van der Waals surface area (Å²) in [6.45, 7) is 2.06. The summed E-state index contributed by atoms with van der Waals surface area (Å²) < 4.78 is 26.8. The molecule has 1 saturated heterocycles. The summed E-state index contributed by atoms with van der Waals surface area (Å²) in [5.74, 6) is 0.432. The highest BCUT2D eigenvalue weighted by atomic mass is 35.5. The van der Waals surface area contributed by atoms with Crippen LogP contribution in [0.2, 0.25) is 5.02 Å². The van der Waals surface area contributed by atoms with Gasteiger partial charge in [-0.25, -0.2) is 13.1 Å². The van der Waals surface area contributed by atoms with Crippen LogP contribution in [0.3, 0.4) is 0 Å². The van der Waals surface area contributed by atoms with Crippen LogP contribution in [-0.2, 0) is 10.0 Å². The van der Waals surface area contributed by atoms with Crippen molar-refractivity contribution in [2.75, 3.05) is 19.6 Å². The molecule has 1 fully saturated rings. The van der Waals surface area contributed by atoms with Crippen molar-refractivity contribution in [1.29, 1.82) is 0 Å². The molecule has 9 heteroatoms. The average molecular weight is 334 g/mol. The summed E-state index contributed by atoms with van der Waals surface area (Å²) >= 11 is 5.74. The molecule has 0 aliphatic carbocycles. The first kappa shape index (κ1) is 16.2. The Balaban J connectivity index is 2.11. The van der Waals surface area contributed by atoms with E-state index in [0.717, 1.165) is 31.6 Å². The zero-order valence-corrected chi connectivity index (χ0v) is 12.8. The van der Waals surface area contributed by atoms with Crippen LogP contribution in [0, 0.1) is 16.0 Å². The number of nitro benzene ring substituents is 1. The largest absolute Gasteiger partial charge is 0.316 e. The second kappa shape index (κ2) is 6.69. The van der Waals surface area contributed by atoms with E-state index in [4.69, 9.17) is 11.6 Å². The molecule has 7 nitrogen and oxygen atoms in total. The lowest BCUT2D eigenvalue weighted by Gasteiger charge is -2.10. The number of benzene rings is 1. The van der Waals surface area contributed by atoms with E-state index in [1.165, 1.54) is 6.07 Å². The van der Waals surface area contributed by atoms with Crippen LogP contribution in [0.5, 0.6) is 0 Å². The number of sulfonamides is 1. The van der Waals surface area contributed by atoms with Gasteiger partial charge >= 0.3 is 0 Å². The fourth-order valence-electron chi connectivity index (χ4n) is 2.29. The van der Waals surface area contributed by atoms with Gasteiger partial charge in [0.1, 0.15) is 0 Å². The standard InChI is InChI=1S/C12H16ClN3O4S/c13-10-1-2-11(16(17)18)12(7-10)21(19,20)15-6-4-9-3-5-14-8-9/h1-2,7,9,14-15H,3-6,8H2. The molecule has 0 saturated carbocycles. The Morgan fingerprint density at radius 3 is 2.86 bits per heavy atom. The Labute approximate surface area is 127 Å². The van der Waals surface area contributed by atoms with Gasteiger partial charge in [0.05, 0.1) is 4.92 Å². The van der Waals surface area contributed by atoms with Crippen LogP contribution in [0.1, 0.15) is 12.8 Å². The quantitative estimate of drug-likeness (QED) is 0.607. The number of halogens is 1. The van der Waals surface area contributed by atoms with Gasteiger partial charge in [-0.15, -0.1) is 0 Å². The number of nitro groups is 1. The maximum absolute atomic E-state index is 12.2. The number of rotatable bonds is 6. The number of hydrogen-bond donors (Lipinski definition) is 2. The molecule has 2 N–H and O–H groups in total. The molecule has 0 bridgehead atoms. The molecule has 2 rings (SSSR count). The van der Waals surface area contributed by atoms with Gasteiger partial charge in [0, 0.05) is 17.6 Å². The minimum Gasteiger partial charge on any atom is -0.316 e. The van der Waals surface area contributed by atoms with E-state index >= 15 is 0 Å².